The number of rotatable bonds is 13. The number of benzene rings is 1. The zero-order valence-electron chi connectivity index (χ0n) is 20.7. The van der Waals surface area contributed by atoms with Crippen LogP contribution in [0.3, 0.4) is 0 Å². The number of nitrogens with zero attached hydrogens (tertiary/aromatic N) is 5. The molecule has 0 amide bonds. The van der Waals surface area contributed by atoms with Crippen LogP contribution in [0, 0.1) is 0 Å². The molecule has 0 bridgehead atoms. The number of halogens is 1. The second kappa shape index (κ2) is 12.8. The van der Waals surface area contributed by atoms with Crippen molar-refractivity contribution >= 4 is 34.6 Å². The zero-order chi connectivity index (χ0) is 27.2. The number of aliphatic hydroxyl groups is 2. The van der Waals surface area contributed by atoms with E-state index < -0.39 is 36.6 Å². The fourth-order valence-corrected chi connectivity index (χ4v) is 4.53. The molecule has 3 heterocycles. The summed E-state index contributed by atoms with van der Waals surface area (Å²) in [5.74, 6) is -0.880. The highest BCUT2D eigenvalue weighted by molar-refractivity contribution is 6.30. The van der Waals surface area contributed by atoms with E-state index in [1.807, 2.05) is 29.2 Å². The Balaban J connectivity index is 1.36. The van der Waals surface area contributed by atoms with Gasteiger partial charge in [-0.25, -0.2) is 15.0 Å². The Bertz CT molecular complexity index is 1210. The van der Waals surface area contributed by atoms with Crippen molar-refractivity contribution < 1.29 is 24.9 Å². The molecule has 206 valence electrons. The van der Waals surface area contributed by atoms with E-state index >= 15 is 0 Å². The first-order chi connectivity index (χ1) is 18.2. The van der Waals surface area contributed by atoms with Gasteiger partial charge in [0.15, 0.2) is 17.7 Å². The van der Waals surface area contributed by atoms with E-state index in [-0.39, 0.29) is 18.8 Å². The van der Waals surface area contributed by atoms with Crippen LogP contribution < -0.4 is 16.8 Å². The number of nitrogen functional groups attached to an aromatic ring is 1. The van der Waals surface area contributed by atoms with Gasteiger partial charge in [-0.3, -0.25) is 14.3 Å². The van der Waals surface area contributed by atoms with Crippen LogP contribution in [0.15, 0.2) is 36.9 Å². The Hall–Kier alpha value is -2.91. The number of aliphatic hydroxyl groups excluding tert-OH is 2. The van der Waals surface area contributed by atoms with Crippen LogP contribution in [0.1, 0.15) is 18.2 Å². The number of anilines is 1. The van der Waals surface area contributed by atoms with Crippen LogP contribution >= 0.6 is 11.6 Å². The number of hydrogen-bond acceptors (Lipinski definition) is 11. The predicted molar refractivity (Wildman–Crippen MR) is 140 cm³/mol. The lowest BCUT2D eigenvalue weighted by Gasteiger charge is -2.27. The van der Waals surface area contributed by atoms with Gasteiger partial charge in [-0.15, -0.1) is 0 Å². The minimum Gasteiger partial charge on any atom is -0.480 e. The highest BCUT2D eigenvalue weighted by Gasteiger charge is 2.44. The topological polar surface area (TPSA) is 198 Å². The first-order valence-corrected chi connectivity index (χ1v) is 12.7. The maximum atomic E-state index is 11.2. The molecule has 4 rings (SSSR count). The maximum absolute atomic E-state index is 11.2. The van der Waals surface area contributed by atoms with E-state index in [9.17, 15) is 20.1 Å². The normalized spacial score (nSPS) is 22.3. The van der Waals surface area contributed by atoms with Crippen LogP contribution in [0.2, 0.25) is 5.02 Å². The van der Waals surface area contributed by atoms with Crippen molar-refractivity contribution in [3.63, 3.8) is 0 Å². The van der Waals surface area contributed by atoms with Crippen molar-refractivity contribution in [2.24, 2.45) is 5.73 Å². The highest BCUT2D eigenvalue weighted by Crippen LogP contribution is 2.32. The van der Waals surface area contributed by atoms with Crippen molar-refractivity contribution in [3.05, 3.63) is 47.5 Å². The van der Waals surface area contributed by atoms with E-state index in [0.717, 1.165) is 18.5 Å². The fourth-order valence-electron chi connectivity index (χ4n) is 4.41. The van der Waals surface area contributed by atoms with Gasteiger partial charge in [0.1, 0.15) is 36.2 Å². The minimum atomic E-state index is -1.24. The van der Waals surface area contributed by atoms with Crippen LogP contribution in [0.25, 0.3) is 11.2 Å². The van der Waals surface area contributed by atoms with Crippen molar-refractivity contribution in [1.82, 2.24) is 29.7 Å². The molecule has 1 fully saturated rings. The molecule has 1 aliphatic rings. The average molecular weight is 549 g/mol. The molecular weight excluding hydrogens is 516 g/mol. The highest BCUT2D eigenvalue weighted by atomic mass is 35.5. The van der Waals surface area contributed by atoms with E-state index in [2.05, 4.69) is 20.3 Å². The molecule has 5 atom stereocenters. The van der Waals surface area contributed by atoms with E-state index in [1.165, 1.54) is 17.2 Å². The number of carbonyl (C=O) groups is 1. The standard InChI is InChI=1S/C24H33ClN8O5/c25-15-3-1-14(2-4-15)5-7-28-8-10-32(9-6-16(26)24(36)37)11-17-19(34)20(35)23(38-17)33-13-31-18-21(27)29-12-30-22(18)33/h1-4,12-13,16-17,19-20,23,28,34-35H,5-11,26H2,(H,36,37)(H2,27,29,30)/t16?,17-,19-,20-,23+/m1/s1. The molecular formula is C24H33ClN8O5. The van der Waals surface area contributed by atoms with Gasteiger partial charge in [0.25, 0.3) is 0 Å². The Kier molecular flexibility index (Phi) is 9.44. The first kappa shape index (κ1) is 28.1. The lowest BCUT2D eigenvalue weighted by Crippen LogP contribution is -2.44. The van der Waals surface area contributed by atoms with Crippen LogP contribution in [0.4, 0.5) is 5.82 Å². The lowest BCUT2D eigenvalue weighted by molar-refractivity contribution is -0.138. The summed E-state index contributed by atoms with van der Waals surface area (Å²) in [5.41, 5.74) is 13.5. The van der Waals surface area contributed by atoms with Gasteiger partial charge < -0.3 is 36.8 Å². The second-order valence-corrected chi connectivity index (χ2v) is 9.73. The van der Waals surface area contributed by atoms with Crippen molar-refractivity contribution in [2.75, 3.05) is 38.5 Å². The molecule has 2 aromatic heterocycles. The Labute approximate surface area is 224 Å². The van der Waals surface area contributed by atoms with Crippen LogP contribution in [0.5, 0.6) is 0 Å². The molecule has 0 saturated carbocycles. The molecule has 1 saturated heterocycles. The zero-order valence-corrected chi connectivity index (χ0v) is 21.5. The summed E-state index contributed by atoms with van der Waals surface area (Å²) in [7, 11) is 0. The quantitative estimate of drug-likeness (QED) is 0.151. The number of carboxylic acid groups (broad SMARTS) is 1. The molecule has 38 heavy (non-hydrogen) atoms. The summed E-state index contributed by atoms with van der Waals surface area (Å²) in [6, 6.07) is 6.66. The first-order valence-electron chi connectivity index (χ1n) is 12.3. The molecule has 1 unspecified atom stereocenters. The van der Waals surface area contributed by atoms with Gasteiger partial charge in [0, 0.05) is 31.2 Å². The lowest BCUT2D eigenvalue weighted by atomic mass is 10.1. The molecule has 13 nitrogen and oxygen atoms in total. The van der Waals surface area contributed by atoms with Crippen molar-refractivity contribution in [1.29, 1.82) is 0 Å². The summed E-state index contributed by atoms with van der Waals surface area (Å²) < 4.78 is 7.58. The molecule has 0 aliphatic carbocycles. The Morgan fingerprint density at radius 1 is 1.16 bits per heavy atom. The number of nitrogens with one attached hydrogen (secondary N) is 1. The van der Waals surface area contributed by atoms with Gasteiger partial charge in [0.2, 0.25) is 0 Å². The second-order valence-electron chi connectivity index (χ2n) is 9.29. The summed E-state index contributed by atoms with van der Waals surface area (Å²) in [6.45, 7) is 2.54. The maximum Gasteiger partial charge on any atom is 0.320 e. The molecule has 8 N–H and O–H groups in total. The molecule has 14 heteroatoms. The number of aliphatic carboxylic acids is 1. The molecule has 0 spiro atoms. The number of ether oxygens (including phenoxy) is 1. The summed E-state index contributed by atoms with van der Waals surface area (Å²) in [5, 5.41) is 34.8. The minimum absolute atomic E-state index is 0.197. The Morgan fingerprint density at radius 2 is 1.92 bits per heavy atom. The monoisotopic (exact) mass is 548 g/mol. The average Bonchev–Trinajstić information content (AvgIpc) is 3.45. The van der Waals surface area contributed by atoms with Gasteiger partial charge in [-0.05, 0) is 37.1 Å². The summed E-state index contributed by atoms with van der Waals surface area (Å²) >= 11 is 5.94. The van der Waals surface area contributed by atoms with Gasteiger partial charge in [0.05, 0.1) is 6.33 Å². The van der Waals surface area contributed by atoms with Crippen LogP contribution in [-0.4, -0.2) is 103 Å². The number of hydrogen-bond donors (Lipinski definition) is 6. The van der Waals surface area contributed by atoms with Gasteiger partial charge in [-0.1, -0.05) is 23.7 Å². The fraction of sp³-hybridized carbons (Fsp3) is 0.500. The molecule has 1 aromatic carbocycles. The van der Waals surface area contributed by atoms with E-state index in [4.69, 9.17) is 27.8 Å². The van der Waals surface area contributed by atoms with Crippen molar-refractivity contribution in [3.8, 4) is 0 Å². The molecule has 1 aliphatic heterocycles. The van der Waals surface area contributed by atoms with Crippen LogP contribution in [-0.2, 0) is 16.0 Å². The van der Waals surface area contributed by atoms with Crippen molar-refractivity contribution in [2.45, 2.75) is 43.4 Å². The number of fused-ring (bicyclic) bond motifs is 1. The largest absolute Gasteiger partial charge is 0.480 e. The smallest absolute Gasteiger partial charge is 0.320 e. The third-order valence-electron chi connectivity index (χ3n) is 6.62. The third kappa shape index (κ3) is 6.74. The number of imidazole rings is 1. The molecule has 3 aromatic rings. The number of carboxylic acids is 1. The molecule has 0 radical (unpaired) electrons. The van der Waals surface area contributed by atoms with Gasteiger partial charge in [-0.2, -0.15) is 0 Å². The summed E-state index contributed by atoms with van der Waals surface area (Å²) in [6.07, 6.45) is -0.342. The predicted octanol–water partition coefficient (Wildman–Crippen LogP) is -0.383. The SMILES string of the molecule is Nc1ncnc2c1ncn2[C@H]1O[C@H](CN(CCNCCc2ccc(Cl)cc2)CCC(N)C(=O)O)[C@@H](O)[C@H]1O. The third-order valence-corrected chi connectivity index (χ3v) is 6.87. The summed E-state index contributed by atoms with van der Waals surface area (Å²) in [4.78, 5) is 25.5. The number of nitrogens with two attached hydrogens (primary N) is 2. The van der Waals surface area contributed by atoms with E-state index in [1.54, 1.807) is 0 Å². The number of aromatic nitrogens is 4. The van der Waals surface area contributed by atoms with Gasteiger partial charge >= 0.3 is 5.97 Å². The van der Waals surface area contributed by atoms with E-state index in [0.29, 0.717) is 35.8 Å². The Morgan fingerprint density at radius 3 is 2.66 bits per heavy atom.